The highest BCUT2D eigenvalue weighted by molar-refractivity contribution is 5.72. The summed E-state index contributed by atoms with van der Waals surface area (Å²) < 4.78 is 7.03. The molecule has 0 spiro atoms. The van der Waals surface area contributed by atoms with Crippen molar-refractivity contribution in [2.24, 2.45) is 0 Å². The van der Waals surface area contributed by atoms with Gasteiger partial charge in [-0.25, -0.2) is 14.6 Å². The molecule has 3 rings (SSSR count). The summed E-state index contributed by atoms with van der Waals surface area (Å²) in [6.07, 6.45) is 5.03. The average Bonchev–Trinajstić information content (AvgIpc) is 3.01. The van der Waals surface area contributed by atoms with E-state index in [1.54, 1.807) is 24.1 Å². The quantitative estimate of drug-likeness (QED) is 0.784. The van der Waals surface area contributed by atoms with Crippen molar-refractivity contribution in [3.63, 3.8) is 0 Å². The molecule has 0 saturated carbocycles. The van der Waals surface area contributed by atoms with Gasteiger partial charge in [0.2, 0.25) is 0 Å². The molecule has 0 aliphatic heterocycles. The molecule has 0 amide bonds. The van der Waals surface area contributed by atoms with Crippen LogP contribution in [-0.2, 0) is 0 Å². The Morgan fingerprint density at radius 1 is 1.20 bits per heavy atom. The molecular weight excluding hydrogens is 254 g/mol. The van der Waals surface area contributed by atoms with Gasteiger partial charge >= 0.3 is 0 Å². The first-order chi connectivity index (χ1) is 9.78. The molecule has 0 aliphatic carbocycles. The Labute approximate surface area is 115 Å². The second-order valence-corrected chi connectivity index (χ2v) is 4.16. The van der Waals surface area contributed by atoms with Crippen molar-refractivity contribution >= 4 is 5.82 Å². The first-order valence-corrected chi connectivity index (χ1v) is 6.04. The Morgan fingerprint density at radius 3 is 2.80 bits per heavy atom. The maximum Gasteiger partial charge on any atom is 0.127 e. The normalized spacial score (nSPS) is 10.4. The zero-order chi connectivity index (χ0) is 13.9. The molecule has 0 bridgehead atoms. The zero-order valence-corrected chi connectivity index (χ0v) is 10.9. The van der Waals surface area contributed by atoms with Crippen LogP contribution in [0.15, 0.2) is 49.1 Å². The Balaban J connectivity index is 2.20. The molecule has 2 heterocycles. The number of aromatic nitrogens is 4. The first-order valence-electron chi connectivity index (χ1n) is 6.04. The third-order valence-electron chi connectivity index (χ3n) is 2.92. The van der Waals surface area contributed by atoms with Gasteiger partial charge in [0.25, 0.3) is 0 Å². The van der Waals surface area contributed by atoms with Crippen LogP contribution in [0.5, 0.6) is 5.75 Å². The molecule has 3 aromatic rings. The van der Waals surface area contributed by atoms with Gasteiger partial charge in [-0.3, -0.25) is 0 Å². The summed E-state index contributed by atoms with van der Waals surface area (Å²) in [4.78, 5) is 8.17. The van der Waals surface area contributed by atoms with E-state index < -0.39 is 0 Å². The summed E-state index contributed by atoms with van der Waals surface area (Å²) in [6, 6.07) is 9.30. The minimum Gasteiger partial charge on any atom is -0.497 e. The standard InChI is InChI=1S/C14H13N5O/c1-20-10-3-4-11(12-8-14(15)17-9-16-12)13(7-10)19-6-2-5-18-19/h2-9H,1H3,(H2,15,16,17). The molecule has 0 unspecified atom stereocenters. The van der Waals surface area contributed by atoms with E-state index in [1.165, 1.54) is 6.33 Å². The lowest BCUT2D eigenvalue weighted by atomic mass is 10.1. The highest BCUT2D eigenvalue weighted by Crippen LogP contribution is 2.29. The van der Waals surface area contributed by atoms with Crippen molar-refractivity contribution < 1.29 is 4.74 Å². The van der Waals surface area contributed by atoms with Gasteiger partial charge in [0.1, 0.15) is 17.9 Å². The molecule has 0 fully saturated rings. The largest absolute Gasteiger partial charge is 0.497 e. The fourth-order valence-electron chi connectivity index (χ4n) is 1.98. The van der Waals surface area contributed by atoms with E-state index in [4.69, 9.17) is 10.5 Å². The van der Waals surface area contributed by atoms with E-state index >= 15 is 0 Å². The van der Waals surface area contributed by atoms with E-state index in [2.05, 4.69) is 15.1 Å². The lowest BCUT2D eigenvalue weighted by Gasteiger charge is -2.11. The predicted molar refractivity (Wildman–Crippen MR) is 75.6 cm³/mol. The van der Waals surface area contributed by atoms with Crippen LogP contribution < -0.4 is 10.5 Å². The van der Waals surface area contributed by atoms with Gasteiger partial charge in [-0.2, -0.15) is 5.10 Å². The summed E-state index contributed by atoms with van der Waals surface area (Å²) in [6.45, 7) is 0. The van der Waals surface area contributed by atoms with Crippen LogP contribution in [0.4, 0.5) is 5.82 Å². The number of anilines is 1. The van der Waals surface area contributed by atoms with Crippen molar-refractivity contribution in [2.75, 3.05) is 12.8 Å². The van der Waals surface area contributed by atoms with Crippen LogP contribution in [-0.4, -0.2) is 26.9 Å². The van der Waals surface area contributed by atoms with Crippen molar-refractivity contribution in [3.8, 4) is 22.7 Å². The third-order valence-corrected chi connectivity index (χ3v) is 2.92. The van der Waals surface area contributed by atoms with Gasteiger partial charge in [0.05, 0.1) is 18.5 Å². The molecule has 100 valence electrons. The number of hydrogen-bond acceptors (Lipinski definition) is 5. The van der Waals surface area contributed by atoms with Crippen LogP contribution in [0.3, 0.4) is 0 Å². The van der Waals surface area contributed by atoms with E-state index in [9.17, 15) is 0 Å². The number of nitrogens with two attached hydrogens (primary N) is 1. The molecule has 6 heteroatoms. The monoisotopic (exact) mass is 267 g/mol. The van der Waals surface area contributed by atoms with Crippen LogP contribution in [0.1, 0.15) is 0 Å². The van der Waals surface area contributed by atoms with E-state index in [0.29, 0.717) is 5.82 Å². The Bertz CT molecular complexity index is 724. The van der Waals surface area contributed by atoms with Gasteiger partial charge < -0.3 is 10.5 Å². The maximum atomic E-state index is 5.72. The molecule has 0 radical (unpaired) electrons. The van der Waals surface area contributed by atoms with Crippen molar-refractivity contribution in [3.05, 3.63) is 49.1 Å². The highest BCUT2D eigenvalue weighted by atomic mass is 16.5. The van der Waals surface area contributed by atoms with Crippen LogP contribution >= 0.6 is 0 Å². The molecule has 1 aromatic carbocycles. The van der Waals surface area contributed by atoms with Crippen LogP contribution in [0.2, 0.25) is 0 Å². The van der Waals surface area contributed by atoms with Gasteiger partial charge in [-0.15, -0.1) is 0 Å². The lowest BCUT2D eigenvalue weighted by Crippen LogP contribution is -2.00. The summed E-state index contributed by atoms with van der Waals surface area (Å²) in [7, 11) is 1.63. The molecule has 2 aromatic heterocycles. The Kier molecular flexibility index (Phi) is 3.04. The lowest BCUT2D eigenvalue weighted by molar-refractivity contribution is 0.414. The fourth-order valence-corrected chi connectivity index (χ4v) is 1.98. The number of methoxy groups -OCH3 is 1. The molecule has 6 nitrogen and oxygen atoms in total. The topological polar surface area (TPSA) is 78.9 Å². The number of nitrogen functional groups attached to an aromatic ring is 1. The maximum absolute atomic E-state index is 5.72. The predicted octanol–water partition coefficient (Wildman–Crippen LogP) is 1.92. The van der Waals surface area contributed by atoms with Crippen molar-refractivity contribution in [1.29, 1.82) is 0 Å². The smallest absolute Gasteiger partial charge is 0.127 e. The zero-order valence-electron chi connectivity index (χ0n) is 10.9. The molecular formula is C14H13N5O. The minimum absolute atomic E-state index is 0.428. The molecule has 20 heavy (non-hydrogen) atoms. The highest BCUT2D eigenvalue weighted by Gasteiger charge is 2.10. The number of ether oxygens (including phenoxy) is 1. The second-order valence-electron chi connectivity index (χ2n) is 4.16. The van der Waals surface area contributed by atoms with E-state index in [1.807, 2.05) is 30.5 Å². The van der Waals surface area contributed by atoms with Crippen molar-refractivity contribution in [2.45, 2.75) is 0 Å². The summed E-state index contributed by atoms with van der Waals surface area (Å²) in [5, 5.41) is 4.26. The summed E-state index contributed by atoms with van der Waals surface area (Å²) in [5.74, 6) is 1.18. The molecule has 0 aliphatic rings. The van der Waals surface area contributed by atoms with Gasteiger partial charge in [0, 0.05) is 30.1 Å². The number of benzene rings is 1. The molecule has 0 saturated heterocycles. The van der Waals surface area contributed by atoms with E-state index in [0.717, 1.165) is 22.7 Å². The second kappa shape index (κ2) is 5.00. The van der Waals surface area contributed by atoms with Gasteiger partial charge in [-0.05, 0) is 18.2 Å². The number of rotatable bonds is 3. The third kappa shape index (κ3) is 2.18. The van der Waals surface area contributed by atoms with Crippen molar-refractivity contribution in [1.82, 2.24) is 19.7 Å². The Morgan fingerprint density at radius 2 is 2.10 bits per heavy atom. The number of nitrogens with zero attached hydrogens (tertiary/aromatic N) is 4. The molecule has 0 atom stereocenters. The SMILES string of the molecule is COc1ccc(-c2cc(N)ncn2)c(-n2cccn2)c1. The van der Waals surface area contributed by atoms with E-state index in [-0.39, 0.29) is 0 Å². The Hall–Kier alpha value is -2.89. The summed E-state index contributed by atoms with van der Waals surface area (Å²) in [5.41, 5.74) is 8.24. The van der Waals surface area contributed by atoms with Crippen LogP contribution in [0.25, 0.3) is 16.9 Å². The molecule has 2 N–H and O–H groups in total. The van der Waals surface area contributed by atoms with Crippen LogP contribution in [0, 0.1) is 0 Å². The first kappa shape index (κ1) is 12.2. The van der Waals surface area contributed by atoms with Gasteiger partial charge in [-0.1, -0.05) is 0 Å². The fraction of sp³-hybridized carbons (Fsp3) is 0.0714. The number of hydrogen-bond donors (Lipinski definition) is 1. The average molecular weight is 267 g/mol. The van der Waals surface area contributed by atoms with Gasteiger partial charge in [0.15, 0.2) is 0 Å². The minimum atomic E-state index is 0.428. The summed E-state index contributed by atoms with van der Waals surface area (Å²) >= 11 is 0.